The molecule has 0 saturated carbocycles. The molecule has 0 aliphatic rings. The highest BCUT2D eigenvalue weighted by Crippen LogP contribution is 2.16. The van der Waals surface area contributed by atoms with Gasteiger partial charge in [-0.1, -0.05) is 19.9 Å². The molecular weight excluding hydrogens is 230 g/mol. The molecule has 0 heterocycles. The molecule has 0 aromatic heterocycles. The summed E-state index contributed by atoms with van der Waals surface area (Å²) in [6.45, 7) is 3.63. The van der Waals surface area contributed by atoms with Gasteiger partial charge in [-0.05, 0) is 31.0 Å². The fraction of sp³-hybridized carbons (Fsp3) is 0.385. The van der Waals surface area contributed by atoms with E-state index in [-0.39, 0.29) is 5.91 Å². The highest BCUT2D eigenvalue weighted by Gasteiger charge is 2.34. The number of hydrogen-bond donors (Lipinski definition) is 3. The molecule has 2 amide bonds. The van der Waals surface area contributed by atoms with E-state index in [1.54, 1.807) is 24.3 Å². The van der Waals surface area contributed by atoms with Gasteiger partial charge in [-0.3, -0.25) is 9.59 Å². The monoisotopic (exact) mass is 249 g/mol. The summed E-state index contributed by atoms with van der Waals surface area (Å²) in [6.07, 6.45) is 0.903. The summed E-state index contributed by atoms with van der Waals surface area (Å²) in [6, 6.07) is 6.58. The zero-order chi connectivity index (χ0) is 13.8. The second-order valence-corrected chi connectivity index (χ2v) is 4.23. The lowest BCUT2D eigenvalue weighted by Gasteiger charge is -2.29. The number of carbonyl (C=O) groups excluding carboxylic acids is 2. The van der Waals surface area contributed by atoms with Gasteiger partial charge in [0.15, 0.2) is 0 Å². The van der Waals surface area contributed by atoms with Crippen LogP contribution < -0.4 is 16.8 Å². The Kier molecular flexibility index (Phi) is 4.31. The number of nitrogen functional groups attached to an aromatic ring is 1. The van der Waals surface area contributed by atoms with E-state index >= 15 is 0 Å². The molecule has 0 bridgehead atoms. The Hall–Kier alpha value is -2.04. The van der Waals surface area contributed by atoms with Gasteiger partial charge in [-0.2, -0.15) is 0 Å². The van der Waals surface area contributed by atoms with Gasteiger partial charge in [0.05, 0.1) is 0 Å². The van der Waals surface area contributed by atoms with Crippen molar-refractivity contribution < 1.29 is 9.59 Å². The van der Waals surface area contributed by atoms with Crippen LogP contribution in [-0.2, 0) is 4.79 Å². The Morgan fingerprint density at radius 1 is 1.28 bits per heavy atom. The average Bonchev–Trinajstić information content (AvgIpc) is 2.35. The topological polar surface area (TPSA) is 98.2 Å². The van der Waals surface area contributed by atoms with Crippen molar-refractivity contribution in [2.45, 2.75) is 32.2 Å². The molecule has 0 unspecified atom stereocenters. The lowest BCUT2D eigenvalue weighted by molar-refractivity contribution is -0.124. The molecule has 5 nitrogen and oxygen atoms in total. The normalized spacial score (nSPS) is 11.0. The summed E-state index contributed by atoms with van der Waals surface area (Å²) in [5.41, 5.74) is 10.9. The van der Waals surface area contributed by atoms with Crippen molar-refractivity contribution in [1.29, 1.82) is 0 Å². The summed E-state index contributed by atoms with van der Waals surface area (Å²) < 4.78 is 0. The number of anilines is 1. The number of carbonyl (C=O) groups is 2. The largest absolute Gasteiger partial charge is 0.399 e. The van der Waals surface area contributed by atoms with Gasteiger partial charge < -0.3 is 16.8 Å². The third-order valence-electron chi connectivity index (χ3n) is 3.18. The Labute approximate surface area is 107 Å². The van der Waals surface area contributed by atoms with E-state index in [1.807, 2.05) is 13.8 Å². The van der Waals surface area contributed by atoms with Gasteiger partial charge in [0.25, 0.3) is 5.91 Å². The first-order valence-electron chi connectivity index (χ1n) is 5.93. The minimum absolute atomic E-state index is 0.343. The van der Waals surface area contributed by atoms with Crippen molar-refractivity contribution in [2.75, 3.05) is 5.73 Å². The number of rotatable bonds is 5. The van der Waals surface area contributed by atoms with Crippen LogP contribution in [0.2, 0.25) is 0 Å². The second-order valence-electron chi connectivity index (χ2n) is 4.23. The van der Waals surface area contributed by atoms with Gasteiger partial charge in [0.2, 0.25) is 5.91 Å². The molecule has 98 valence electrons. The van der Waals surface area contributed by atoms with Gasteiger partial charge in [0.1, 0.15) is 5.54 Å². The first kappa shape index (κ1) is 14.0. The van der Waals surface area contributed by atoms with E-state index < -0.39 is 11.4 Å². The predicted molar refractivity (Wildman–Crippen MR) is 70.8 cm³/mol. The molecule has 0 fully saturated rings. The van der Waals surface area contributed by atoms with Crippen LogP contribution in [0.25, 0.3) is 0 Å². The maximum Gasteiger partial charge on any atom is 0.252 e. The lowest BCUT2D eigenvalue weighted by Crippen LogP contribution is -2.56. The molecule has 0 radical (unpaired) electrons. The Bertz CT molecular complexity index is 453. The van der Waals surface area contributed by atoms with Crippen LogP contribution in [0.5, 0.6) is 0 Å². The van der Waals surface area contributed by atoms with Gasteiger partial charge in [-0.25, -0.2) is 0 Å². The molecule has 1 aromatic carbocycles. The van der Waals surface area contributed by atoms with Crippen molar-refractivity contribution in [3.8, 4) is 0 Å². The van der Waals surface area contributed by atoms with E-state index in [2.05, 4.69) is 5.32 Å². The Morgan fingerprint density at radius 2 is 1.89 bits per heavy atom. The predicted octanol–water partition coefficient (Wildman–Crippen LogP) is 1.04. The third kappa shape index (κ3) is 2.80. The smallest absolute Gasteiger partial charge is 0.252 e. The molecule has 0 atom stereocenters. The van der Waals surface area contributed by atoms with E-state index in [0.29, 0.717) is 24.1 Å². The van der Waals surface area contributed by atoms with Crippen molar-refractivity contribution in [1.82, 2.24) is 5.32 Å². The van der Waals surface area contributed by atoms with Crippen LogP contribution in [0.3, 0.4) is 0 Å². The minimum Gasteiger partial charge on any atom is -0.399 e. The van der Waals surface area contributed by atoms with Crippen LogP contribution in [-0.4, -0.2) is 17.4 Å². The van der Waals surface area contributed by atoms with Crippen molar-refractivity contribution in [3.63, 3.8) is 0 Å². The van der Waals surface area contributed by atoms with Crippen LogP contribution in [0, 0.1) is 0 Å². The zero-order valence-electron chi connectivity index (χ0n) is 10.7. The molecule has 0 aliphatic carbocycles. The number of benzene rings is 1. The SMILES string of the molecule is CCC(CC)(NC(=O)c1cccc(N)c1)C(N)=O. The first-order valence-corrected chi connectivity index (χ1v) is 5.93. The average molecular weight is 249 g/mol. The van der Waals surface area contributed by atoms with Crippen LogP contribution in [0.4, 0.5) is 5.69 Å². The van der Waals surface area contributed by atoms with Crippen LogP contribution >= 0.6 is 0 Å². The van der Waals surface area contributed by atoms with Crippen molar-refractivity contribution >= 4 is 17.5 Å². The molecule has 0 spiro atoms. The number of amides is 2. The third-order valence-corrected chi connectivity index (χ3v) is 3.18. The Morgan fingerprint density at radius 3 is 2.33 bits per heavy atom. The summed E-state index contributed by atoms with van der Waals surface area (Å²) in [5, 5.41) is 2.70. The van der Waals surface area contributed by atoms with Crippen LogP contribution in [0.15, 0.2) is 24.3 Å². The standard InChI is InChI=1S/C13H19N3O2/c1-3-13(4-2,12(15)18)16-11(17)9-6-5-7-10(14)8-9/h5-8H,3-4,14H2,1-2H3,(H2,15,18)(H,16,17). The highest BCUT2D eigenvalue weighted by atomic mass is 16.2. The van der Waals surface area contributed by atoms with E-state index in [9.17, 15) is 9.59 Å². The van der Waals surface area contributed by atoms with E-state index in [0.717, 1.165) is 0 Å². The van der Waals surface area contributed by atoms with Crippen molar-refractivity contribution in [3.05, 3.63) is 29.8 Å². The highest BCUT2D eigenvalue weighted by molar-refractivity contribution is 5.99. The molecule has 1 aromatic rings. The summed E-state index contributed by atoms with van der Waals surface area (Å²) in [4.78, 5) is 23.6. The molecule has 1 rings (SSSR count). The fourth-order valence-corrected chi connectivity index (χ4v) is 1.81. The van der Waals surface area contributed by atoms with Crippen molar-refractivity contribution in [2.24, 2.45) is 5.73 Å². The van der Waals surface area contributed by atoms with Crippen LogP contribution in [0.1, 0.15) is 37.0 Å². The second kappa shape index (κ2) is 5.53. The summed E-state index contributed by atoms with van der Waals surface area (Å²) >= 11 is 0. The maximum absolute atomic E-state index is 12.1. The quantitative estimate of drug-likeness (QED) is 0.680. The molecule has 18 heavy (non-hydrogen) atoms. The molecule has 5 heteroatoms. The zero-order valence-corrected chi connectivity index (χ0v) is 10.7. The van der Waals surface area contributed by atoms with Gasteiger partial charge in [-0.15, -0.1) is 0 Å². The number of hydrogen-bond acceptors (Lipinski definition) is 3. The summed E-state index contributed by atoms with van der Waals surface area (Å²) in [7, 11) is 0. The molecule has 0 aliphatic heterocycles. The molecule has 0 saturated heterocycles. The minimum atomic E-state index is -0.998. The van der Waals surface area contributed by atoms with E-state index in [1.165, 1.54) is 0 Å². The molecular formula is C13H19N3O2. The van der Waals surface area contributed by atoms with E-state index in [4.69, 9.17) is 11.5 Å². The first-order chi connectivity index (χ1) is 8.45. The molecule has 5 N–H and O–H groups in total. The Balaban J connectivity index is 2.95. The van der Waals surface area contributed by atoms with Gasteiger partial charge in [0, 0.05) is 11.3 Å². The number of primary amides is 1. The number of nitrogens with two attached hydrogens (primary N) is 2. The van der Waals surface area contributed by atoms with Gasteiger partial charge >= 0.3 is 0 Å². The summed E-state index contributed by atoms with van der Waals surface area (Å²) in [5.74, 6) is -0.866. The maximum atomic E-state index is 12.1. The fourth-order valence-electron chi connectivity index (χ4n) is 1.81. The number of nitrogens with one attached hydrogen (secondary N) is 1. The lowest BCUT2D eigenvalue weighted by atomic mass is 9.91.